The molecular weight excluding hydrogens is 576 g/mol. The van der Waals surface area contributed by atoms with Crippen LogP contribution in [-0.4, -0.2) is 22.5 Å². The van der Waals surface area contributed by atoms with Gasteiger partial charge in [0.15, 0.2) is 5.78 Å². The number of allylic oxidation sites excluding steroid dienone is 2. The summed E-state index contributed by atoms with van der Waals surface area (Å²) < 4.78 is 0. The highest BCUT2D eigenvalue weighted by molar-refractivity contribution is 6.39. The molecule has 0 radical (unpaired) electrons. The summed E-state index contributed by atoms with van der Waals surface area (Å²) in [5, 5.41) is 12.2. The van der Waals surface area contributed by atoms with Crippen molar-refractivity contribution in [2.45, 2.75) is 10.8 Å². The summed E-state index contributed by atoms with van der Waals surface area (Å²) in [6.45, 7) is 0. The summed E-state index contributed by atoms with van der Waals surface area (Å²) in [5.41, 5.74) is 0.475. The van der Waals surface area contributed by atoms with Gasteiger partial charge in [0, 0.05) is 6.07 Å². The van der Waals surface area contributed by atoms with Crippen LogP contribution in [0, 0.1) is 22.0 Å². The lowest BCUT2D eigenvalue weighted by atomic mass is 9.59. The molecule has 3 aliphatic rings. The first-order chi connectivity index (χ1) is 22.4. The first-order valence-electron chi connectivity index (χ1n) is 15.1. The molecule has 2 aliphatic carbocycles. The molecule has 1 heterocycles. The number of carbonyl (C=O) groups excluding carboxylic acids is 3. The van der Waals surface area contributed by atoms with Crippen LogP contribution in [0.25, 0.3) is 11.1 Å². The van der Waals surface area contributed by atoms with Crippen LogP contribution in [0.3, 0.4) is 0 Å². The Morgan fingerprint density at radius 3 is 1.30 bits per heavy atom. The Kier molecular flexibility index (Phi) is 6.02. The van der Waals surface area contributed by atoms with Gasteiger partial charge < -0.3 is 0 Å². The first-order valence-corrected chi connectivity index (χ1v) is 15.1. The fourth-order valence-electron chi connectivity index (χ4n) is 8.38. The van der Waals surface area contributed by atoms with E-state index in [0.29, 0.717) is 22.3 Å². The Morgan fingerprint density at radius 2 is 0.891 bits per heavy atom. The minimum Gasteiger partial charge on any atom is -0.297 e. The van der Waals surface area contributed by atoms with Gasteiger partial charge in [0.05, 0.1) is 27.6 Å². The molecule has 0 aromatic heterocycles. The van der Waals surface area contributed by atoms with Crippen LogP contribution >= 0.6 is 0 Å². The molecule has 46 heavy (non-hydrogen) atoms. The Labute approximate surface area is 264 Å². The Hall–Kier alpha value is -5.95. The van der Waals surface area contributed by atoms with Gasteiger partial charge in [-0.15, -0.1) is 0 Å². The summed E-state index contributed by atoms with van der Waals surface area (Å²) in [5.74, 6) is -3.80. The van der Waals surface area contributed by atoms with E-state index < -0.39 is 39.4 Å². The first kappa shape index (κ1) is 27.6. The summed E-state index contributed by atoms with van der Waals surface area (Å²) in [4.78, 5) is 58.3. The van der Waals surface area contributed by atoms with E-state index in [1.807, 2.05) is 121 Å². The molecule has 0 N–H and O–H groups in total. The number of rotatable bonds is 6. The van der Waals surface area contributed by atoms with E-state index in [-0.39, 0.29) is 17.2 Å². The largest absolute Gasteiger partial charge is 0.297 e. The molecule has 8 rings (SSSR count). The predicted molar refractivity (Wildman–Crippen MR) is 174 cm³/mol. The number of imide groups is 1. The number of nitro groups is 1. The van der Waals surface area contributed by atoms with Crippen molar-refractivity contribution in [3.05, 3.63) is 178 Å². The lowest BCUT2D eigenvalue weighted by Crippen LogP contribution is -2.45. The van der Waals surface area contributed by atoms with Gasteiger partial charge in [-0.25, -0.2) is 4.90 Å². The summed E-state index contributed by atoms with van der Waals surface area (Å²) >= 11 is 0. The average Bonchev–Trinajstić information content (AvgIpc) is 3.61. The van der Waals surface area contributed by atoms with E-state index in [9.17, 15) is 19.7 Å². The van der Waals surface area contributed by atoms with Crippen LogP contribution in [0.4, 0.5) is 11.4 Å². The van der Waals surface area contributed by atoms with Gasteiger partial charge in [0.2, 0.25) is 11.8 Å². The number of ketones is 1. The van der Waals surface area contributed by atoms with Crippen LogP contribution in [-0.2, 0) is 25.2 Å². The molecule has 7 heteroatoms. The molecule has 4 atom stereocenters. The number of hydrogen-bond donors (Lipinski definition) is 0. The van der Waals surface area contributed by atoms with Crippen molar-refractivity contribution in [2.75, 3.05) is 4.90 Å². The van der Waals surface area contributed by atoms with Crippen molar-refractivity contribution in [2.24, 2.45) is 11.8 Å². The highest BCUT2D eigenvalue weighted by Gasteiger charge is 2.83. The van der Waals surface area contributed by atoms with Crippen LogP contribution in [0.5, 0.6) is 0 Å². The Balaban J connectivity index is 1.55. The number of nitro benzene ring substituents is 1. The maximum absolute atomic E-state index is 15.8. The zero-order valence-corrected chi connectivity index (χ0v) is 24.4. The van der Waals surface area contributed by atoms with Crippen molar-refractivity contribution in [3.63, 3.8) is 0 Å². The number of anilines is 1. The fourth-order valence-corrected chi connectivity index (χ4v) is 8.38. The van der Waals surface area contributed by atoms with Gasteiger partial charge in [0.25, 0.3) is 5.69 Å². The van der Waals surface area contributed by atoms with Crippen molar-refractivity contribution in [3.8, 4) is 0 Å². The lowest BCUT2D eigenvalue weighted by molar-refractivity contribution is -0.384. The van der Waals surface area contributed by atoms with Crippen LogP contribution in [0.2, 0.25) is 0 Å². The monoisotopic (exact) mass is 602 g/mol. The number of para-hydroxylation sites is 2. The molecule has 2 bridgehead atoms. The van der Waals surface area contributed by atoms with E-state index in [1.54, 1.807) is 6.07 Å². The minimum absolute atomic E-state index is 0.0994. The molecule has 0 spiro atoms. The van der Waals surface area contributed by atoms with Crippen LogP contribution in [0.15, 0.2) is 146 Å². The third-order valence-electron chi connectivity index (χ3n) is 9.90. The molecular formula is C39H26N2O5. The van der Waals surface area contributed by atoms with Crippen LogP contribution < -0.4 is 4.90 Å². The lowest BCUT2D eigenvalue weighted by Gasteiger charge is -2.39. The Morgan fingerprint density at radius 1 is 0.522 bits per heavy atom. The third kappa shape index (κ3) is 3.34. The normalized spacial score (nSPS) is 24.9. The molecule has 5 aromatic carbocycles. The van der Waals surface area contributed by atoms with Crippen molar-refractivity contribution in [1.82, 2.24) is 0 Å². The molecule has 1 saturated carbocycles. The van der Waals surface area contributed by atoms with Gasteiger partial charge >= 0.3 is 0 Å². The second-order valence-corrected chi connectivity index (χ2v) is 11.9. The quantitative estimate of drug-likeness (QED) is 0.121. The Bertz CT molecular complexity index is 1980. The number of fused-ring (bicyclic) bond motifs is 5. The van der Waals surface area contributed by atoms with E-state index in [4.69, 9.17) is 0 Å². The maximum Gasteiger partial charge on any atom is 0.293 e. The highest BCUT2D eigenvalue weighted by atomic mass is 16.6. The second kappa shape index (κ2) is 10.0. The van der Waals surface area contributed by atoms with E-state index in [0.717, 1.165) is 16.0 Å². The molecule has 1 saturated heterocycles. The van der Waals surface area contributed by atoms with Gasteiger partial charge in [-0.1, -0.05) is 133 Å². The molecule has 5 aromatic rings. The third-order valence-corrected chi connectivity index (χ3v) is 9.90. The smallest absolute Gasteiger partial charge is 0.293 e. The van der Waals surface area contributed by atoms with Gasteiger partial charge in [0.1, 0.15) is 5.69 Å². The topological polar surface area (TPSA) is 97.6 Å². The van der Waals surface area contributed by atoms with Crippen molar-refractivity contribution >= 4 is 40.1 Å². The SMILES string of the molecule is O=C1[C@@H]2[C@H](C(=O)N1c1ccccc1[N+](=O)[O-])[C@@]1(c3ccccc3)C(=O)[C@@]2(c2ccccc2)C(c2ccccc2)=C1c1ccccc1. The molecule has 1 aliphatic heterocycles. The number of benzene rings is 5. The molecule has 7 nitrogen and oxygen atoms in total. The zero-order chi connectivity index (χ0) is 31.6. The maximum atomic E-state index is 15.8. The molecule has 0 unspecified atom stereocenters. The summed E-state index contributed by atoms with van der Waals surface area (Å²) in [6, 6.07) is 43.3. The molecule has 222 valence electrons. The standard InChI is InChI=1S/C39H26N2O5/c42-35-33-34(36(43)40(35)29-23-13-14-24-30(29)41(45)46)39(28-21-11-4-12-22-28)32(26-17-7-2-8-18-26)31(25-15-5-1-6-16-25)38(33,37(39)44)27-19-9-3-10-20-27/h1-24,33-34H/t33-,34+,38-,39-/m0/s1. The molecule has 2 amide bonds. The number of carbonyl (C=O) groups is 3. The van der Waals surface area contributed by atoms with E-state index in [1.165, 1.54) is 18.2 Å². The predicted octanol–water partition coefficient (Wildman–Crippen LogP) is 6.78. The summed E-state index contributed by atoms with van der Waals surface area (Å²) in [6.07, 6.45) is 0. The van der Waals surface area contributed by atoms with Gasteiger partial charge in [-0.2, -0.15) is 0 Å². The van der Waals surface area contributed by atoms with Crippen LogP contribution in [0.1, 0.15) is 22.3 Å². The number of hydrogen-bond acceptors (Lipinski definition) is 5. The van der Waals surface area contributed by atoms with E-state index >= 15 is 4.79 Å². The van der Waals surface area contributed by atoms with Crippen molar-refractivity contribution < 1.29 is 19.3 Å². The number of nitrogens with zero attached hydrogens (tertiary/aromatic N) is 2. The van der Waals surface area contributed by atoms with Gasteiger partial charge in [-0.3, -0.25) is 24.5 Å². The highest BCUT2D eigenvalue weighted by Crippen LogP contribution is 2.74. The second-order valence-electron chi connectivity index (χ2n) is 11.9. The molecule has 2 fully saturated rings. The number of Topliss-reactive ketones (excluding diaryl/α,β-unsaturated/α-hetero) is 1. The zero-order valence-electron chi connectivity index (χ0n) is 24.4. The van der Waals surface area contributed by atoms with Gasteiger partial charge in [-0.05, 0) is 39.5 Å². The fraction of sp³-hybridized carbons (Fsp3) is 0.103. The average molecular weight is 603 g/mol. The van der Waals surface area contributed by atoms with Crippen molar-refractivity contribution in [1.29, 1.82) is 0 Å². The summed E-state index contributed by atoms with van der Waals surface area (Å²) in [7, 11) is 0. The van der Waals surface area contributed by atoms with E-state index in [2.05, 4.69) is 0 Å². The number of amides is 2. The minimum atomic E-state index is -1.57.